The number of nitro groups is 1. The van der Waals surface area contributed by atoms with Crippen molar-refractivity contribution >= 4 is 45.2 Å². The van der Waals surface area contributed by atoms with Crippen LogP contribution < -0.4 is 15.5 Å². The van der Waals surface area contributed by atoms with Gasteiger partial charge in [0.1, 0.15) is 12.4 Å². The van der Waals surface area contributed by atoms with Crippen molar-refractivity contribution in [3.05, 3.63) is 68.2 Å². The molecule has 2 aromatic carbocycles. The Labute approximate surface area is 164 Å². The van der Waals surface area contributed by atoms with Crippen LogP contribution in [0.25, 0.3) is 0 Å². The van der Waals surface area contributed by atoms with E-state index in [2.05, 4.69) is 31.8 Å². The topological polar surface area (TPSA) is 88.8 Å². The van der Waals surface area contributed by atoms with E-state index in [1.807, 2.05) is 19.1 Å². The van der Waals surface area contributed by atoms with E-state index in [9.17, 15) is 10.1 Å². The number of halogens is 1. The number of ether oxygens (including phenoxy) is 1. The minimum atomic E-state index is -0.427. The van der Waals surface area contributed by atoms with Crippen molar-refractivity contribution in [2.75, 3.05) is 6.54 Å². The highest BCUT2D eigenvalue weighted by Gasteiger charge is 2.07. The summed E-state index contributed by atoms with van der Waals surface area (Å²) < 4.78 is 6.48. The van der Waals surface area contributed by atoms with Crippen LogP contribution in [0.1, 0.15) is 18.1 Å². The second kappa shape index (κ2) is 9.83. The van der Waals surface area contributed by atoms with Crippen LogP contribution in [0.4, 0.5) is 5.69 Å². The fraction of sp³-hybridized carbons (Fsp3) is 0.176. The second-order valence-electron chi connectivity index (χ2n) is 5.14. The third kappa shape index (κ3) is 6.08. The molecule has 0 aromatic heterocycles. The Morgan fingerprint density at radius 3 is 2.88 bits per heavy atom. The van der Waals surface area contributed by atoms with Crippen LogP contribution in [0.2, 0.25) is 0 Å². The summed E-state index contributed by atoms with van der Waals surface area (Å²) in [6.45, 7) is 2.90. The van der Waals surface area contributed by atoms with Crippen molar-refractivity contribution in [2.24, 2.45) is 5.10 Å². The summed E-state index contributed by atoms with van der Waals surface area (Å²) in [7, 11) is 0. The summed E-state index contributed by atoms with van der Waals surface area (Å²) in [6, 6.07) is 11.8. The van der Waals surface area contributed by atoms with Gasteiger partial charge in [0.2, 0.25) is 0 Å². The molecule has 0 unspecified atom stereocenters. The van der Waals surface area contributed by atoms with Gasteiger partial charge in [-0.2, -0.15) is 5.10 Å². The fourth-order valence-corrected chi connectivity index (χ4v) is 2.71. The van der Waals surface area contributed by atoms with Gasteiger partial charge in [-0.3, -0.25) is 15.5 Å². The van der Waals surface area contributed by atoms with Gasteiger partial charge in [-0.15, -0.1) is 0 Å². The monoisotopic (exact) mass is 436 g/mol. The lowest BCUT2D eigenvalue weighted by Crippen LogP contribution is -2.31. The van der Waals surface area contributed by atoms with E-state index in [0.29, 0.717) is 10.9 Å². The summed E-state index contributed by atoms with van der Waals surface area (Å²) in [5.74, 6) is 0.629. The van der Waals surface area contributed by atoms with Crippen LogP contribution in [0.5, 0.6) is 5.75 Å². The van der Waals surface area contributed by atoms with E-state index in [4.69, 9.17) is 17.0 Å². The average molecular weight is 437 g/mol. The Balaban J connectivity index is 1.97. The van der Waals surface area contributed by atoms with Gasteiger partial charge in [0.25, 0.3) is 5.69 Å². The molecule has 2 aromatic rings. The number of nitro benzene ring substituents is 1. The van der Waals surface area contributed by atoms with E-state index in [0.717, 1.165) is 22.1 Å². The van der Waals surface area contributed by atoms with Crippen LogP contribution in [-0.4, -0.2) is 22.8 Å². The molecule has 7 nitrogen and oxygen atoms in total. The third-order valence-corrected chi connectivity index (χ3v) is 4.04. The molecular weight excluding hydrogens is 420 g/mol. The third-order valence-electron chi connectivity index (χ3n) is 3.19. The summed E-state index contributed by atoms with van der Waals surface area (Å²) in [6.07, 6.45) is 1.64. The largest absolute Gasteiger partial charge is 0.488 e. The molecule has 0 saturated carbocycles. The molecule has 0 fully saturated rings. The van der Waals surface area contributed by atoms with Crippen molar-refractivity contribution in [3.8, 4) is 5.75 Å². The van der Waals surface area contributed by atoms with Crippen LogP contribution in [0, 0.1) is 10.1 Å². The second-order valence-corrected chi connectivity index (χ2v) is 6.40. The molecule has 0 aliphatic rings. The standard InChI is InChI=1S/C17H17BrN4O3S/c1-2-19-17(26)21-20-10-12-6-7-16(15(18)9-12)25-11-13-4-3-5-14(8-13)22(23)24/h3-10H,2,11H2,1H3,(H2,19,21,26). The predicted octanol–water partition coefficient (Wildman–Crippen LogP) is 3.75. The molecule has 0 aliphatic carbocycles. The van der Waals surface area contributed by atoms with Crippen LogP contribution in [0.3, 0.4) is 0 Å². The van der Waals surface area contributed by atoms with Gasteiger partial charge >= 0.3 is 0 Å². The number of hydrogen-bond acceptors (Lipinski definition) is 5. The summed E-state index contributed by atoms with van der Waals surface area (Å²) in [5.41, 5.74) is 4.33. The SMILES string of the molecule is CCNC(=S)NN=Cc1ccc(OCc2cccc([N+](=O)[O-])c2)c(Br)c1. The maximum atomic E-state index is 10.8. The van der Waals surface area contributed by atoms with Gasteiger partial charge < -0.3 is 10.1 Å². The molecule has 0 saturated heterocycles. The zero-order valence-electron chi connectivity index (χ0n) is 13.9. The maximum absolute atomic E-state index is 10.8. The Morgan fingerprint density at radius 1 is 1.38 bits per heavy atom. The van der Waals surface area contributed by atoms with E-state index in [1.165, 1.54) is 12.1 Å². The van der Waals surface area contributed by atoms with E-state index >= 15 is 0 Å². The highest BCUT2D eigenvalue weighted by atomic mass is 79.9. The van der Waals surface area contributed by atoms with Crippen LogP contribution in [0.15, 0.2) is 52.0 Å². The van der Waals surface area contributed by atoms with Crippen molar-refractivity contribution in [1.82, 2.24) is 10.7 Å². The molecule has 0 amide bonds. The number of nitrogens with zero attached hydrogens (tertiary/aromatic N) is 2. The van der Waals surface area contributed by atoms with E-state index in [-0.39, 0.29) is 12.3 Å². The molecule has 0 heterocycles. The molecule has 9 heteroatoms. The molecule has 2 N–H and O–H groups in total. The molecule has 2 rings (SSSR count). The number of thiocarbonyl (C=S) groups is 1. The number of hydrogen-bond donors (Lipinski definition) is 2. The minimum absolute atomic E-state index is 0.0414. The number of non-ortho nitro benzene ring substituents is 1. The first-order valence-corrected chi connectivity index (χ1v) is 8.92. The Kier molecular flexibility index (Phi) is 7.49. The molecule has 136 valence electrons. The lowest BCUT2D eigenvalue weighted by atomic mass is 10.2. The van der Waals surface area contributed by atoms with Crippen LogP contribution in [-0.2, 0) is 6.61 Å². The number of benzene rings is 2. The highest BCUT2D eigenvalue weighted by molar-refractivity contribution is 9.10. The summed E-state index contributed by atoms with van der Waals surface area (Å²) >= 11 is 8.46. The lowest BCUT2D eigenvalue weighted by Gasteiger charge is -2.09. The molecule has 0 aliphatic heterocycles. The zero-order chi connectivity index (χ0) is 18.9. The first kappa shape index (κ1) is 19.8. The minimum Gasteiger partial charge on any atom is -0.488 e. The molecule has 26 heavy (non-hydrogen) atoms. The Bertz CT molecular complexity index is 829. The summed E-state index contributed by atoms with van der Waals surface area (Å²) in [5, 5.41) is 18.2. The van der Waals surface area contributed by atoms with Crippen molar-refractivity contribution < 1.29 is 9.66 Å². The smallest absolute Gasteiger partial charge is 0.269 e. The van der Waals surface area contributed by atoms with Gasteiger partial charge in [0.05, 0.1) is 15.6 Å². The van der Waals surface area contributed by atoms with Gasteiger partial charge in [-0.25, -0.2) is 0 Å². The molecule has 0 bridgehead atoms. The lowest BCUT2D eigenvalue weighted by molar-refractivity contribution is -0.384. The zero-order valence-corrected chi connectivity index (χ0v) is 16.3. The molecule has 0 atom stereocenters. The molecule has 0 radical (unpaired) electrons. The van der Waals surface area contributed by atoms with Gasteiger partial charge in [0.15, 0.2) is 5.11 Å². The maximum Gasteiger partial charge on any atom is 0.269 e. The first-order valence-electron chi connectivity index (χ1n) is 7.72. The van der Waals surface area contributed by atoms with Crippen molar-refractivity contribution in [1.29, 1.82) is 0 Å². The quantitative estimate of drug-likeness (QED) is 0.297. The van der Waals surface area contributed by atoms with Gasteiger partial charge in [-0.05, 0) is 64.4 Å². The van der Waals surface area contributed by atoms with Gasteiger partial charge in [-0.1, -0.05) is 12.1 Å². The predicted molar refractivity (Wildman–Crippen MR) is 109 cm³/mol. The normalized spacial score (nSPS) is 10.5. The first-order chi connectivity index (χ1) is 12.5. The van der Waals surface area contributed by atoms with Crippen LogP contribution >= 0.6 is 28.1 Å². The van der Waals surface area contributed by atoms with E-state index in [1.54, 1.807) is 24.4 Å². The highest BCUT2D eigenvalue weighted by Crippen LogP contribution is 2.26. The summed E-state index contributed by atoms with van der Waals surface area (Å²) in [4.78, 5) is 10.4. The average Bonchev–Trinajstić information content (AvgIpc) is 2.61. The number of rotatable bonds is 7. The molecular formula is C17H17BrN4O3S. The van der Waals surface area contributed by atoms with E-state index < -0.39 is 4.92 Å². The number of hydrazone groups is 1. The molecule has 0 spiro atoms. The number of nitrogens with one attached hydrogen (secondary N) is 2. The van der Waals surface area contributed by atoms with Crippen molar-refractivity contribution in [3.63, 3.8) is 0 Å². The van der Waals surface area contributed by atoms with Crippen molar-refractivity contribution in [2.45, 2.75) is 13.5 Å². The Morgan fingerprint density at radius 2 is 2.19 bits per heavy atom. The van der Waals surface area contributed by atoms with Gasteiger partial charge in [0, 0.05) is 18.7 Å². The fourth-order valence-electron chi connectivity index (χ4n) is 2.00. The Hall–Kier alpha value is -2.52.